The number of rotatable bonds is 7. The first-order valence-corrected chi connectivity index (χ1v) is 8.16. The van der Waals surface area contributed by atoms with Crippen LogP contribution in [0.2, 0.25) is 0 Å². The van der Waals surface area contributed by atoms with E-state index in [-0.39, 0.29) is 5.78 Å². The van der Waals surface area contributed by atoms with Gasteiger partial charge in [0.2, 0.25) is 5.95 Å². The van der Waals surface area contributed by atoms with E-state index < -0.39 is 0 Å². The monoisotopic (exact) mass is 365 g/mol. The predicted octanol–water partition coefficient (Wildman–Crippen LogP) is 3.58. The molecule has 0 aliphatic heterocycles. The number of anilines is 4. The third kappa shape index (κ3) is 4.49. The number of ketones is 1. The Morgan fingerprint density at radius 2 is 1.89 bits per heavy atom. The lowest BCUT2D eigenvalue weighted by atomic mass is 10.1. The summed E-state index contributed by atoms with van der Waals surface area (Å²) < 4.78 is 10.6. The maximum Gasteiger partial charge on any atom is 0.249 e. The number of Topliss-reactive ketones (excluding diaryl/α,β-unsaturated/α-hetero) is 1. The molecule has 0 atom stereocenters. The summed E-state index contributed by atoms with van der Waals surface area (Å²) in [6.45, 7) is 1.52. The summed E-state index contributed by atoms with van der Waals surface area (Å²) in [4.78, 5) is 15.9. The maximum atomic E-state index is 11.5. The minimum atomic E-state index is -0.0142. The number of aromatic nitrogens is 3. The van der Waals surface area contributed by atoms with Gasteiger partial charge in [0.05, 0.1) is 26.1 Å². The number of carbonyl (C=O) groups is 1. The number of methoxy groups -OCH3 is 2. The summed E-state index contributed by atoms with van der Waals surface area (Å²) in [6.07, 6.45) is 1.50. The van der Waals surface area contributed by atoms with Crippen molar-refractivity contribution in [2.75, 3.05) is 24.9 Å². The molecule has 27 heavy (non-hydrogen) atoms. The molecule has 138 valence electrons. The van der Waals surface area contributed by atoms with Crippen molar-refractivity contribution in [3.05, 3.63) is 54.2 Å². The molecule has 0 spiro atoms. The van der Waals surface area contributed by atoms with Crippen molar-refractivity contribution in [3.8, 4) is 11.5 Å². The zero-order valence-corrected chi connectivity index (χ0v) is 15.2. The second-order valence-corrected chi connectivity index (χ2v) is 5.62. The highest BCUT2D eigenvalue weighted by Gasteiger charge is 2.08. The van der Waals surface area contributed by atoms with E-state index in [1.54, 1.807) is 38.5 Å². The Balaban J connectivity index is 1.80. The fourth-order valence-electron chi connectivity index (χ4n) is 2.40. The van der Waals surface area contributed by atoms with Crippen LogP contribution in [0.4, 0.5) is 23.1 Å². The summed E-state index contributed by atoms with van der Waals surface area (Å²) in [6, 6.07) is 12.5. The first-order valence-electron chi connectivity index (χ1n) is 8.16. The molecule has 0 saturated carbocycles. The van der Waals surface area contributed by atoms with Crippen LogP contribution in [0.1, 0.15) is 17.3 Å². The van der Waals surface area contributed by atoms with Gasteiger partial charge in [-0.2, -0.15) is 10.1 Å². The van der Waals surface area contributed by atoms with Crippen molar-refractivity contribution in [2.24, 2.45) is 0 Å². The van der Waals surface area contributed by atoms with Gasteiger partial charge in [0.25, 0.3) is 0 Å². The lowest BCUT2D eigenvalue weighted by Crippen LogP contribution is -2.04. The van der Waals surface area contributed by atoms with Gasteiger partial charge < -0.3 is 20.1 Å². The van der Waals surface area contributed by atoms with Crippen LogP contribution >= 0.6 is 0 Å². The molecule has 1 aromatic heterocycles. The molecule has 0 fully saturated rings. The van der Waals surface area contributed by atoms with Crippen LogP contribution < -0.4 is 20.1 Å². The largest absolute Gasteiger partial charge is 0.497 e. The molecule has 1 heterocycles. The molecule has 2 N–H and O–H groups in total. The molecule has 2 aromatic carbocycles. The van der Waals surface area contributed by atoms with Crippen molar-refractivity contribution in [3.63, 3.8) is 0 Å². The van der Waals surface area contributed by atoms with E-state index in [1.165, 1.54) is 13.1 Å². The molecule has 0 unspecified atom stereocenters. The van der Waals surface area contributed by atoms with Crippen LogP contribution in [0.25, 0.3) is 0 Å². The summed E-state index contributed by atoms with van der Waals surface area (Å²) in [5.41, 5.74) is 2.01. The molecule has 3 aromatic rings. The first-order chi connectivity index (χ1) is 13.1. The van der Waals surface area contributed by atoms with Crippen LogP contribution in [0.3, 0.4) is 0 Å². The van der Waals surface area contributed by atoms with E-state index >= 15 is 0 Å². The minimum Gasteiger partial charge on any atom is -0.497 e. The molecule has 0 bridgehead atoms. The maximum absolute atomic E-state index is 11.5. The van der Waals surface area contributed by atoms with Crippen LogP contribution in [0, 0.1) is 0 Å². The summed E-state index contributed by atoms with van der Waals surface area (Å²) in [5.74, 6) is 2.06. The number of ether oxygens (including phenoxy) is 2. The van der Waals surface area contributed by atoms with Gasteiger partial charge in [-0.3, -0.25) is 4.79 Å². The van der Waals surface area contributed by atoms with Gasteiger partial charge in [-0.1, -0.05) is 12.1 Å². The van der Waals surface area contributed by atoms with Crippen molar-refractivity contribution < 1.29 is 14.3 Å². The molecule has 0 aliphatic rings. The number of hydrogen-bond donors (Lipinski definition) is 2. The second kappa shape index (κ2) is 8.13. The van der Waals surface area contributed by atoms with E-state index in [0.29, 0.717) is 40.2 Å². The van der Waals surface area contributed by atoms with Gasteiger partial charge in [0.1, 0.15) is 11.5 Å². The third-order valence-electron chi connectivity index (χ3n) is 3.76. The van der Waals surface area contributed by atoms with E-state index in [2.05, 4.69) is 25.8 Å². The van der Waals surface area contributed by atoms with E-state index in [1.807, 2.05) is 18.2 Å². The lowest BCUT2D eigenvalue weighted by molar-refractivity contribution is 0.101. The zero-order valence-electron chi connectivity index (χ0n) is 15.2. The summed E-state index contributed by atoms with van der Waals surface area (Å²) >= 11 is 0. The summed E-state index contributed by atoms with van der Waals surface area (Å²) in [5, 5.41) is 14.1. The quantitative estimate of drug-likeness (QED) is 0.613. The van der Waals surface area contributed by atoms with Gasteiger partial charge in [-0.15, -0.1) is 5.10 Å². The average Bonchev–Trinajstić information content (AvgIpc) is 2.68. The Labute approximate surface area is 156 Å². The molecular weight excluding hydrogens is 346 g/mol. The van der Waals surface area contributed by atoms with Gasteiger partial charge in [-0.05, 0) is 31.2 Å². The fraction of sp³-hybridized carbons (Fsp3) is 0.158. The number of hydrogen-bond acceptors (Lipinski definition) is 8. The smallest absolute Gasteiger partial charge is 0.249 e. The number of nitrogens with zero attached hydrogens (tertiary/aromatic N) is 3. The van der Waals surface area contributed by atoms with Crippen molar-refractivity contribution >= 4 is 28.9 Å². The van der Waals surface area contributed by atoms with Crippen LogP contribution in [-0.2, 0) is 0 Å². The molecule has 8 heteroatoms. The molecule has 0 radical (unpaired) electrons. The number of nitrogens with one attached hydrogen (secondary N) is 2. The molecule has 0 aliphatic carbocycles. The fourth-order valence-corrected chi connectivity index (χ4v) is 2.40. The highest BCUT2D eigenvalue weighted by molar-refractivity contribution is 5.95. The Morgan fingerprint density at radius 1 is 1.04 bits per heavy atom. The van der Waals surface area contributed by atoms with Crippen LogP contribution in [-0.4, -0.2) is 35.2 Å². The van der Waals surface area contributed by atoms with Crippen molar-refractivity contribution in [2.45, 2.75) is 6.92 Å². The van der Waals surface area contributed by atoms with E-state index in [9.17, 15) is 4.79 Å². The van der Waals surface area contributed by atoms with Crippen molar-refractivity contribution in [1.82, 2.24) is 15.2 Å². The standard InChI is InChI=1S/C19H19N5O3/c1-12(25)13-5-4-6-14(9-13)21-19-23-18(11-20-24-19)22-16-8-7-15(26-2)10-17(16)27-3/h4-11H,1-3H3,(H2,21,22,23,24). The first kappa shape index (κ1) is 18.1. The van der Waals surface area contributed by atoms with Gasteiger partial charge >= 0.3 is 0 Å². The Morgan fingerprint density at radius 3 is 2.63 bits per heavy atom. The Hall–Kier alpha value is -3.68. The number of carbonyl (C=O) groups excluding carboxylic acids is 1. The van der Waals surface area contributed by atoms with Gasteiger partial charge in [-0.25, -0.2) is 0 Å². The van der Waals surface area contributed by atoms with E-state index in [0.717, 1.165) is 0 Å². The minimum absolute atomic E-state index is 0.0142. The number of benzene rings is 2. The SMILES string of the molecule is COc1ccc(Nc2cnnc(Nc3cccc(C(C)=O)c3)n2)c(OC)c1. The van der Waals surface area contributed by atoms with Gasteiger partial charge in [0, 0.05) is 17.3 Å². The highest BCUT2D eigenvalue weighted by atomic mass is 16.5. The molecule has 0 amide bonds. The Kier molecular flexibility index (Phi) is 5.46. The van der Waals surface area contributed by atoms with E-state index in [4.69, 9.17) is 9.47 Å². The van der Waals surface area contributed by atoms with Crippen molar-refractivity contribution in [1.29, 1.82) is 0 Å². The second-order valence-electron chi connectivity index (χ2n) is 5.62. The van der Waals surface area contributed by atoms with Gasteiger partial charge in [0.15, 0.2) is 11.6 Å². The average molecular weight is 365 g/mol. The topological polar surface area (TPSA) is 98.3 Å². The summed E-state index contributed by atoms with van der Waals surface area (Å²) in [7, 11) is 3.17. The highest BCUT2D eigenvalue weighted by Crippen LogP contribution is 2.31. The predicted molar refractivity (Wildman–Crippen MR) is 102 cm³/mol. The normalized spacial score (nSPS) is 10.2. The zero-order chi connectivity index (χ0) is 19.2. The Bertz CT molecular complexity index is 962. The molecule has 3 rings (SSSR count). The van der Waals surface area contributed by atoms with Crippen LogP contribution in [0.15, 0.2) is 48.7 Å². The lowest BCUT2D eigenvalue weighted by Gasteiger charge is -2.12. The molecular formula is C19H19N5O3. The van der Waals surface area contributed by atoms with Crippen LogP contribution in [0.5, 0.6) is 11.5 Å². The molecule has 0 saturated heterocycles. The third-order valence-corrected chi connectivity index (χ3v) is 3.76. The molecule has 8 nitrogen and oxygen atoms in total.